The molecule has 1 heterocycles. The van der Waals surface area contributed by atoms with E-state index in [-0.39, 0.29) is 0 Å². The zero-order valence-corrected chi connectivity index (χ0v) is 28.9. The van der Waals surface area contributed by atoms with Gasteiger partial charge in [0, 0.05) is 44.6 Å². The molecule has 0 fully saturated rings. The molecule has 3 nitrogen and oxygen atoms in total. The summed E-state index contributed by atoms with van der Waals surface area (Å²) >= 11 is 0. The zero-order chi connectivity index (χ0) is 35.1. The number of furan rings is 1. The maximum absolute atomic E-state index is 6.37. The fourth-order valence-electron chi connectivity index (χ4n) is 7.72. The lowest BCUT2D eigenvalue weighted by molar-refractivity contribution is 0.669. The molecule has 1 aromatic heterocycles. The van der Waals surface area contributed by atoms with Crippen LogP contribution in [0, 0.1) is 0 Å². The summed E-state index contributed by atoms with van der Waals surface area (Å²) in [5.74, 6) is 0. The second-order valence-corrected chi connectivity index (χ2v) is 13.4. The molecular weight excluding hydrogens is 645 g/mol. The van der Waals surface area contributed by atoms with E-state index in [1.165, 1.54) is 27.3 Å². The van der Waals surface area contributed by atoms with Gasteiger partial charge in [-0.2, -0.15) is 0 Å². The van der Waals surface area contributed by atoms with Gasteiger partial charge in [0.1, 0.15) is 11.2 Å². The lowest BCUT2D eigenvalue weighted by Crippen LogP contribution is -2.13. The number of rotatable bonds is 7. The van der Waals surface area contributed by atoms with Crippen LogP contribution in [0.3, 0.4) is 0 Å². The molecule has 0 aliphatic rings. The summed E-state index contributed by atoms with van der Waals surface area (Å²) < 4.78 is 6.37. The van der Waals surface area contributed by atoms with E-state index >= 15 is 0 Å². The van der Waals surface area contributed by atoms with Gasteiger partial charge in [-0.3, -0.25) is 0 Å². The lowest BCUT2D eigenvalue weighted by atomic mass is 9.98. The van der Waals surface area contributed by atoms with Crippen molar-refractivity contribution in [1.29, 1.82) is 0 Å². The number of anilines is 6. The summed E-state index contributed by atoms with van der Waals surface area (Å²) in [5.41, 5.74) is 10.7. The van der Waals surface area contributed by atoms with Crippen molar-refractivity contribution >= 4 is 77.6 Å². The first-order chi connectivity index (χ1) is 26.3. The predicted molar refractivity (Wildman–Crippen MR) is 224 cm³/mol. The molecular formula is C50H34N2O. The lowest BCUT2D eigenvalue weighted by Gasteiger charge is -2.30. The Balaban J connectivity index is 1.17. The Hall–Kier alpha value is -7.10. The van der Waals surface area contributed by atoms with Crippen molar-refractivity contribution in [2.75, 3.05) is 9.80 Å². The van der Waals surface area contributed by atoms with Gasteiger partial charge in [-0.25, -0.2) is 0 Å². The normalized spacial score (nSPS) is 11.4. The van der Waals surface area contributed by atoms with Crippen LogP contribution < -0.4 is 9.80 Å². The number of para-hydroxylation sites is 3. The van der Waals surface area contributed by atoms with Crippen molar-refractivity contribution in [3.05, 3.63) is 206 Å². The summed E-state index contributed by atoms with van der Waals surface area (Å²) in [7, 11) is 0. The first-order valence-corrected chi connectivity index (χ1v) is 18.0. The molecule has 0 N–H and O–H groups in total. The Morgan fingerprint density at radius 3 is 1.58 bits per heavy atom. The van der Waals surface area contributed by atoms with Crippen LogP contribution in [0.15, 0.2) is 211 Å². The van der Waals surface area contributed by atoms with Crippen LogP contribution in [0.4, 0.5) is 34.1 Å². The molecule has 0 bridgehead atoms. The smallest absolute Gasteiger partial charge is 0.136 e. The Labute approximate surface area is 308 Å². The summed E-state index contributed by atoms with van der Waals surface area (Å²) in [6.45, 7) is 0. The van der Waals surface area contributed by atoms with E-state index in [9.17, 15) is 0 Å². The van der Waals surface area contributed by atoms with Crippen LogP contribution in [-0.4, -0.2) is 0 Å². The number of hydrogen-bond donors (Lipinski definition) is 0. The third kappa shape index (κ3) is 5.47. The molecule has 0 aliphatic heterocycles. The molecule has 10 aromatic rings. The largest absolute Gasteiger partial charge is 0.456 e. The predicted octanol–water partition coefficient (Wildman–Crippen LogP) is 14.5. The van der Waals surface area contributed by atoms with Crippen LogP contribution in [-0.2, 0) is 0 Å². The molecule has 0 spiro atoms. The van der Waals surface area contributed by atoms with E-state index in [4.69, 9.17) is 4.42 Å². The summed E-state index contributed by atoms with van der Waals surface area (Å²) in [5, 5.41) is 6.99. The minimum atomic E-state index is 0.902. The summed E-state index contributed by atoms with van der Waals surface area (Å²) in [6.07, 6.45) is 0. The fourth-order valence-corrected chi connectivity index (χ4v) is 7.72. The van der Waals surface area contributed by atoms with E-state index in [2.05, 4.69) is 204 Å². The molecule has 0 unspecified atom stereocenters. The van der Waals surface area contributed by atoms with Gasteiger partial charge in [0.05, 0.1) is 5.69 Å². The van der Waals surface area contributed by atoms with Crippen LogP contribution in [0.1, 0.15) is 0 Å². The van der Waals surface area contributed by atoms with E-state index < -0.39 is 0 Å². The number of benzene rings is 9. The standard InChI is InChI=1S/C50H34N2O/c1-4-14-35(15-5-1)36-26-29-40(30-27-36)52(42-21-12-20-41(33-42)51(38-16-6-2-7-17-38)39-18-8-3-9-19-39)48-24-13-23-43-44(48)31-28-37-32-47-45-22-10-11-25-49(45)53-50(47)34-46(37)43/h1-34H. The van der Waals surface area contributed by atoms with Crippen molar-refractivity contribution in [3.63, 3.8) is 0 Å². The van der Waals surface area contributed by atoms with Gasteiger partial charge in [0.15, 0.2) is 0 Å². The summed E-state index contributed by atoms with van der Waals surface area (Å²) in [4.78, 5) is 4.70. The average Bonchev–Trinajstić information content (AvgIpc) is 3.59. The van der Waals surface area contributed by atoms with Gasteiger partial charge < -0.3 is 14.2 Å². The molecule has 0 atom stereocenters. The highest BCUT2D eigenvalue weighted by Gasteiger charge is 2.20. The van der Waals surface area contributed by atoms with E-state index in [1.54, 1.807) is 0 Å². The van der Waals surface area contributed by atoms with Gasteiger partial charge in [-0.15, -0.1) is 0 Å². The Bertz CT molecular complexity index is 2840. The quantitative estimate of drug-likeness (QED) is 0.156. The molecule has 0 amide bonds. The molecule has 53 heavy (non-hydrogen) atoms. The number of hydrogen-bond acceptors (Lipinski definition) is 3. The Morgan fingerprint density at radius 2 is 0.849 bits per heavy atom. The molecule has 250 valence electrons. The SMILES string of the molecule is c1ccc(-c2ccc(N(c3cccc(N(c4ccccc4)c4ccccc4)c3)c3cccc4c3ccc3cc5c(cc34)oc3ccccc35)cc2)cc1. The van der Waals surface area contributed by atoms with Gasteiger partial charge in [-0.05, 0) is 106 Å². The van der Waals surface area contributed by atoms with E-state index in [1.807, 2.05) is 12.1 Å². The molecule has 0 aliphatic carbocycles. The monoisotopic (exact) mass is 678 g/mol. The minimum Gasteiger partial charge on any atom is -0.456 e. The van der Waals surface area contributed by atoms with Gasteiger partial charge in [0.2, 0.25) is 0 Å². The average molecular weight is 679 g/mol. The fraction of sp³-hybridized carbons (Fsp3) is 0. The molecule has 0 radical (unpaired) electrons. The summed E-state index contributed by atoms with van der Waals surface area (Å²) in [6, 6.07) is 73.4. The number of fused-ring (bicyclic) bond motifs is 6. The third-order valence-electron chi connectivity index (χ3n) is 10.2. The van der Waals surface area contributed by atoms with Crippen LogP contribution >= 0.6 is 0 Å². The van der Waals surface area contributed by atoms with E-state index in [0.29, 0.717) is 0 Å². The Kier molecular flexibility index (Phi) is 7.47. The van der Waals surface area contributed by atoms with Gasteiger partial charge >= 0.3 is 0 Å². The van der Waals surface area contributed by atoms with Gasteiger partial charge in [-0.1, -0.05) is 127 Å². The maximum atomic E-state index is 6.37. The van der Waals surface area contributed by atoms with Crippen LogP contribution in [0.5, 0.6) is 0 Å². The second kappa shape index (κ2) is 12.9. The first kappa shape index (κ1) is 30.7. The van der Waals surface area contributed by atoms with Gasteiger partial charge in [0.25, 0.3) is 0 Å². The molecule has 10 rings (SSSR count). The zero-order valence-electron chi connectivity index (χ0n) is 28.9. The molecule has 3 heteroatoms. The van der Waals surface area contributed by atoms with Crippen molar-refractivity contribution in [2.45, 2.75) is 0 Å². The van der Waals surface area contributed by atoms with Crippen molar-refractivity contribution in [2.24, 2.45) is 0 Å². The van der Waals surface area contributed by atoms with Crippen molar-refractivity contribution < 1.29 is 4.42 Å². The number of nitrogens with zero attached hydrogens (tertiary/aromatic N) is 2. The first-order valence-electron chi connectivity index (χ1n) is 18.0. The molecule has 0 saturated heterocycles. The highest BCUT2D eigenvalue weighted by molar-refractivity contribution is 6.18. The van der Waals surface area contributed by atoms with Crippen molar-refractivity contribution in [1.82, 2.24) is 0 Å². The topological polar surface area (TPSA) is 19.6 Å². The molecule has 9 aromatic carbocycles. The van der Waals surface area contributed by atoms with E-state index in [0.717, 1.165) is 61.4 Å². The maximum Gasteiger partial charge on any atom is 0.136 e. The highest BCUT2D eigenvalue weighted by Crippen LogP contribution is 2.44. The highest BCUT2D eigenvalue weighted by atomic mass is 16.3. The van der Waals surface area contributed by atoms with Crippen LogP contribution in [0.25, 0.3) is 54.6 Å². The van der Waals surface area contributed by atoms with Crippen molar-refractivity contribution in [3.8, 4) is 11.1 Å². The van der Waals surface area contributed by atoms with Crippen LogP contribution in [0.2, 0.25) is 0 Å². The Morgan fingerprint density at radius 1 is 0.283 bits per heavy atom. The second-order valence-electron chi connectivity index (χ2n) is 13.4. The minimum absolute atomic E-state index is 0.902. The third-order valence-corrected chi connectivity index (χ3v) is 10.2. The molecule has 0 saturated carbocycles.